The molecule has 3 atom stereocenters. The number of benzene rings is 4. The largest absolute Gasteiger partial charge is 0.508 e. The summed E-state index contributed by atoms with van der Waals surface area (Å²) in [6, 6.07) is 32.8. The molecule has 1 saturated carbocycles. The van der Waals surface area contributed by atoms with Gasteiger partial charge in [0.25, 0.3) is 5.91 Å². The highest BCUT2D eigenvalue weighted by atomic mass is 16.3. The number of rotatable bonds is 6. The maximum atomic E-state index is 13.3. The van der Waals surface area contributed by atoms with Gasteiger partial charge in [-0.1, -0.05) is 72.8 Å². The Morgan fingerprint density at radius 3 is 2.55 bits per heavy atom. The average Bonchev–Trinajstić information content (AvgIpc) is 2.96. The van der Waals surface area contributed by atoms with Crippen LogP contribution in [0.3, 0.4) is 0 Å². The summed E-state index contributed by atoms with van der Waals surface area (Å²) < 4.78 is 0. The molecule has 4 nitrogen and oxygen atoms in total. The molecule has 0 aromatic heterocycles. The van der Waals surface area contributed by atoms with E-state index in [0.717, 1.165) is 62.5 Å². The Kier molecular flexibility index (Phi) is 6.90. The predicted octanol–water partition coefficient (Wildman–Crippen LogP) is 6.33. The molecule has 0 spiro atoms. The monoisotopic (exact) mass is 504 g/mol. The fraction of sp³-hybridized carbons (Fsp3) is 0.324. The zero-order valence-electron chi connectivity index (χ0n) is 21.9. The van der Waals surface area contributed by atoms with Crippen LogP contribution in [0.25, 0.3) is 10.8 Å². The maximum absolute atomic E-state index is 13.3. The van der Waals surface area contributed by atoms with Gasteiger partial charge in [0.1, 0.15) is 5.75 Å². The molecule has 2 N–H and O–H groups in total. The van der Waals surface area contributed by atoms with E-state index in [0.29, 0.717) is 17.2 Å². The number of carbonyl (C=O) groups excluding carboxylic acids is 1. The van der Waals surface area contributed by atoms with Crippen molar-refractivity contribution < 1.29 is 9.90 Å². The van der Waals surface area contributed by atoms with E-state index in [1.54, 1.807) is 6.07 Å². The molecule has 2 fully saturated rings. The number of hydrogen-bond acceptors (Lipinski definition) is 3. The number of phenolic OH excluding ortho intramolecular Hbond substituents is 1. The first kappa shape index (κ1) is 24.7. The molecule has 1 amide bonds. The Morgan fingerprint density at radius 2 is 1.71 bits per heavy atom. The quantitative estimate of drug-likeness (QED) is 0.323. The second-order valence-corrected chi connectivity index (χ2v) is 11.2. The van der Waals surface area contributed by atoms with Crippen LogP contribution in [0.4, 0.5) is 0 Å². The topological polar surface area (TPSA) is 52.6 Å². The summed E-state index contributed by atoms with van der Waals surface area (Å²) in [6.45, 7) is 3.16. The minimum atomic E-state index is -0.0401. The highest BCUT2D eigenvalue weighted by Gasteiger charge is 2.48. The lowest BCUT2D eigenvalue weighted by molar-refractivity contribution is 0.0428. The van der Waals surface area contributed by atoms with Crippen molar-refractivity contribution in [2.75, 3.05) is 19.6 Å². The zero-order chi connectivity index (χ0) is 26.0. The van der Waals surface area contributed by atoms with Crippen LogP contribution in [0.15, 0.2) is 97.1 Å². The van der Waals surface area contributed by atoms with Crippen molar-refractivity contribution in [3.8, 4) is 5.75 Å². The first-order valence-electron chi connectivity index (χ1n) is 13.9. The third-order valence-corrected chi connectivity index (χ3v) is 8.94. The Morgan fingerprint density at radius 1 is 0.895 bits per heavy atom. The Balaban J connectivity index is 1.19. The van der Waals surface area contributed by atoms with E-state index < -0.39 is 0 Å². The van der Waals surface area contributed by atoms with Gasteiger partial charge in [-0.3, -0.25) is 4.79 Å². The van der Waals surface area contributed by atoms with Crippen LogP contribution in [0.1, 0.15) is 47.2 Å². The van der Waals surface area contributed by atoms with Crippen molar-refractivity contribution in [1.82, 2.24) is 10.2 Å². The van der Waals surface area contributed by atoms with Crippen molar-refractivity contribution in [2.24, 2.45) is 5.92 Å². The van der Waals surface area contributed by atoms with E-state index in [4.69, 9.17) is 0 Å². The number of carbonyl (C=O) groups is 1. The Bertz CT molecular complexity index is 1420. The number of nitrogens with zero attached hydrogens (tertiary/aromatic N) is 1. The van der Waals surface area contributed by atoms with Crippen molar-refractivity contribution >= 4 is 16.7 Å². The van der Waals surface area contributed by atoms with Crippen LogP contribution < -0.4 is 5.32 Å². The van der Waals surface area contributed by atoms with Crippen LogP contribution in [0.2, 0.25) is 0 Å². The van der Waals surface area contributed by atoms with Gasteiger partial charge in [0.15, 0.2) is 0 Å². The first-order chi connectivity index (χ1) is 18.6. The van der Waals surface area contributed by atoms with E-state index in [-0.39, 0.29) is 17.4 Å². The number of nitrogens with one attached hydrogen (secondary N) is 1. The number of aromatic hydroxyl groups is 1. The highest BCUT2D eigenvalue weighted by Crippen LogP contribution is 2.49. The van der Waals surface area contributed by atoms with Crippen molar-refractivity contribution in [3.63, 3.8) is 0 Å². The minimum Gasteiger partial charge on any atom is -0.508 e. The zero-order valence-corrected chi connectivity index (χ0v) is 21.9. The maximum Gasteiger partial charge on any atom is 0.251 e. The SMILES string of the molecule is O=C(N[C@@H]1CCC2CN(CCc3ccccc3)CC[C@]2(c2cccc(O)c2)C1)c1ccc2ccccc2c1. The fourth-order valence-electron chi connectivity index (χ4n) is 6.89. The van der Waals surface area contributed by atoms with Crippen molar-refractivity contribution in [1.29, 1.82) is 0 Å². The second-order valence-electron chi connectivity index (χ2n) is 11.2. The molecule has 0 radical (unpaired) electrons. The standard InChI is InChI=1S/C34H36N2O2/c37-32-12-6-11-29(22-32)34-18-20-36(19-17-25-7-2-1-3-8-25)24-30(34)15-16-31(23-34)35-33(38)28-14-13-26-9-4-5-10-27(26)21-28/h1-14,21-22,30-31,37H,15-20,23-24H2,(H,35,38)/t30?,31-,34-/m1/s1. The lowest BCUT2D eigenvalue weighted by Crippen LogP contribution is -2.56. The molecule has 4 aromatic rings. The van der Waals surface area contributed by atoms with Gasteiger partial charge in [0, 0.05) is 30.1 Å². The van der Waals surface area contributed by atoms with E-state index in [2.05, 4.69) is 58.7 Å². The van der Waals surface area contributed by atoms with Crippen LogP contribution >= 0.6 is 0 Å². The van der Waals surface area contributed by atoms with Gasteiger partial charge in [0.05, 0.1) is 0 Å². The van der Waals surface area contributed by atoms with Gasteiger partial charge in [-0.2, -0.15) is 0 Å². The van der Waals surface area contributed by atoms with Crippen LogP contribution in [-0.2, 0) is 11.8 Å². The average molecular weight is 505 g/mol. The lowest BCUT2D eigenvalue weighted by atomic mass is 9.58. The molecule has 4 aromatic carbocycles. The molecule has 194 valence electrons. The summed E-state index contributed by atoms with van der Waals surface area (Å²) in [7, 11) is 0. The highest BCUT2D eigenvalue weighted by molar-refractivity contribution is 5.98. The van der Waals surface area contributed by atoms with E-state index >= 15 is 0 Å². The van der Waals surface area contributed by atoms with E-state index in [9.17, 15) is 9.90 Å². The van der Waals surface area contributed by atoms with E-state index in [1.165, 1.54) is 11.1 Å². The Hall–Kier alpha value is -3.63. The van der Waals surface area contributed by atoms with Gasteiger partial charge < -0.3 is 15.3 Å². The molecular formula is C34H36N2O2. The molecule has 6 rings (SSSR count). The van der Waals surface area contributed by atoms with Gasteiger partial charge in [-0.05, 0) is 90.7 Å². The predicted molar refractivity (Wildman–Crippen MR) is 154 cm³/mol. The number of amides is 1. The van der Waals surface area contributed by atoms with Gasteiger partial charge in [0.2, 0.25) is 0 Å². The molecule has 1 heterocycles. The van der Waals surface area contributed by atoms with Gasteiger partial charge in [-0.15, -0.1) is 0 Å². The smallest absolute Gasteiger partial charge is 0.251 e. The molecule has 1 unspecified atom stereocenters. The molecule has 2 aliphatic rings. The molecule has 4 heteroatoms. The summed E-state index contributed by atoms with van der Waals surface area (Å²) in [5.74, 6) is 0.831. The lowest BCUT2D eigenvalue weighted by Gasteiger charge is -2.53. The number of fused-ring (bicyclic) bond motifs is 2. The third kappa shape index (κ3) is 5.06. The summed E-state index contributed by atoms with van der Waals surface area (Å²) in [5, 5.41) is 16.0. The Labute approximate surface area is 225 Å². The molecule has 1 saturated heterocycles. The molecule has 38 heavy (non-hydrogen) atoms. The van der Waals surface area contributed by atoms with Crippen LogP contribution in [0, 0.1) is 5.92 Å². The van der Waals surface area contributed by atoms with Crippen LogP contribution in [0.5, 0.6) is 5.75 Å². The fourth-order valence-corrected chi connectivity index (χ4v) is 6.89. The third-order valence-electron chi connectivity index (χ3n) is 8.94. The molecule has 0 bridgehead atoms. The molecule has 1 aliphatic heterocycles. The summed E-state index contributed by atoms with van der Waals surface area (Å²) in [6.07, 6.45) is 5.07. The first-order valence-corrected chi connectivity index (χ1v) is 13.9. The second kappa shape index (κ2) is 10.6. The summed E-state index contributed by atoms with van der Waals surface area (Å²) >= 11 is 0. The van der Waals surface area contributed by atoms with Crippen molar-refractivity contribution in [3.05, 3.63) is 114 Å². The number of piperidine rings is 1. The summed E-state index contributed by atoms with van der Waals surface area (Å²) in [4.78, 5) is 15.9. The molecule has 1 aliphatic carbocycles. The van der Waals surface area contributed by atoms with E-state index in [1.807, 2.05) is 42.5 Å². The number of hydrogen-bond donors (Lipinski definition) is 2. The van der Waals surface area contributed by atoms with Crippen LogP contribution in [-0.4, -0.2) is 41.6 Å². The normalized spacial score (nSPS) is 23.6. The van der Waals surface area contributed by atoms with Gasteiger partial charge in [-0.25, -0.2) is 0 Å². The van der Waals surface area contributed by atoms with Gasteiger partial charge >= 0.3 is 0 Å². The van der Waals surface area contributed by atoms with Crippen molar-refractivity contribution in [2.45, 2.75) is 43.6 Å². The summed E-state index contributed by atoms with van der Waals surface area (Å²) in [5.41, 5.74) is 3.28. The number of likely N-dealkylation sites (tertiary alicyclic amines) is 1. The number of phenols is 1. The minimum absolute atomic E-state index is 0.00515. The molecular weight excluding hydrogens is 468 g/mol.